The van der Waals surface area contributed by atoms with Crippen molar-refractivity contribution in [2.24, 2.45) is 17.8 Å². The number of ether oxygens (including phenoxy) is 2. The molecule has 4 rings (SSSR count). The second-order valence-corrected chi connectivity index (χ2v) is 13.2. The molecule has 1 spiro atoms. The Morgan fingerprint density at radius 1 is 1.19 bits per heavy atom. The Kier molecular flexibility index (Phi) is 10.8. The lowest BCUT2D eigenvalue weighted by atomic mass is 9.70. The van der Waals surface area contributed by atoms with E-state index >= 15 is 0 Å². The average Bonchev–Trinajstić information content (AvgIpc) is 3.58. The molecule has 0 aromatic heterocycles. The van der Waals surface area contributed by atoms with Crippen molar-refractivity contribution in [1.82, 2.24) is 9.80 Å². The maximum atomic E-state index is 14.6. The van der Waals surface area contributed by atoms with Crippen LogP contribution < -0.4 is 9.64 Å². The van der Waals surface area contributed by atoms with Crippen LogP contribution in [0.4, 0.5) is 5.69 Å². The lowest BCUT2D eigenvalue weighted by molar-refractivity contribution is -0.152. The van der Waals surface area contributed by atoms with Crippen LogP contribution in [0.5, 0.6) is 5.75 Å². The molecule has 3 aliphatic heterocycles. The summed E-state index contributed by atoms with van der Waals surface area (Å²) in [5.41, 5.74) is -0.557. The van der Waals surface area contributed by atoms with Gasteiger partial charge in [-0.05, 0) is 49.9 Å². The molecule has 3 aliphatic rings. The highest BCUT2D eigenvalue weighted by molar-refractivity contribution is 9.09. The number of carbonyl (C=O) groups excluding carboxylic acids is 3. The van der Waals surface area contributed by atoms with Gasteiger partial charge >= 0.3 is 0 Å². The van der Waals surface area contributed by atoms with E-state index in [0.717, 1.165) is 12.8 Å². The number of halogens is 1. The number of hydrogen-bond acceptors (Lipinski definition) is 6. The number of benzene rings is 1. The predicted molar refractivity (Wildman–Crippen MR) is 170 cm³/mol. The van der Waals surface area contributed by atoms with Crippen LogP contribution >= 0.6 is 15.9 Å². The van der Waals surface area contributed by atoms with Crippen molar-refractivity contribution in [2.45, 2.75) is 75.6 Å². The van der Waals surface area contributed by atoms with Gasteiger partial charge < -0.3 is 29.3 Å². The van der Waals surface area contributed by atoms with E-state index in [1.807, 2.05) is 45.0 Å². The third-order valence-electron chi connectivity index (χ3n) is 9.04. The van der Waals surface area contributed by atoms with E-state index in [9.17, 15) is 19.5 Å². The maximum absolute atomic E-state index is 14.6. The molecule has 3 saturated heterocycles. The van der Waals surface area contributed by atoms with Crippen molar-refractivity contribution in [1.29, 1.82) is 0 Å². The van der Waals surface area contributed by atoms with Crippen LogP contribution in [0, 0.1) is 17.8 Å². The molecule has 1 aromatic rings. The van der Waals surface area contributed by atoms with E-state index in [2.05, 4.69) is 36.0 Å². The molecule has 7 atom stereocenters. The number of nitrogens with zero attached hydrogens (tertiary/aromatic N) is 3. The number of likely N-dealkylation sites (tertiary alicyclic amines) is 1. The Labute approximate surface area is 264 Å². The van der Waals surface area contributed by atoms with Crippen LogP contribution in [0.1, 0.15) is 47.0 Å². The minimum Gasteiger partial charge on any atom is -0.494 e. The third-order valence-corrected chi connectivity index (χ3v) is 9.88. The fourth-order valence-electron chi connectivity index (χ4n) is 7.10. The van der Waals surface area contributed by atoms with Crippen LogP contribution in [0.2, 0.25) is 0 Å². The number of carbonyl (C=O) groups is 3. The van der Waals surface area contributed by atoms with Crippen molar-refractivity contribution < 1.29 is 29.0 Å². The fraction of sp³-hybridized carbons (Fsp3) is 0.606. The Bertz CT molecular complexity index is 1190. The minimum absolute atomic E-state index is 0.129. The highest BCUT2D eigenvalue weighted by Crippen LogP contribution is 2.61. The predicted octanol–water partition coefficient (Wildman–Crippen LogP) is 4.18. The highest BCUT2D eigenvalue weighted by Gasteiger charge is 2.77. The summed E-state index contributed by atoms with van der Waals surface area (Å²) >= 11 is 3.76. The fourth-order valence-corrected chi connectivity index (χ4v) is 8.04. The maximum Gasteiger partial charge on any atom is 0.248 e. The number of unbranched alkanes of at least 4 members (excludes halogenated alkanes) is 1. The first-order valence-corrected chi connectivity index (χ1v) is 16.3. The molecule has 10 heteroatoms. The van der Waals surface area contributed by atoms with Crippen LogP contribution in [-0.2, 0) is 19.1 Å². The van der Waals surface area contributed by atoms with Gasteiger partial charge in [0.2, 0.25) is 17.7 Å². The SMILES string of the molecule is C=CCN(CCCC)C(=O)C1N([C@@H](CO)C(C)C)C(=O)[C@@H]2[C@@H](C(=O)N(CC=C)c3ccc(OCC)cc3)[C@@H]3OC12CC3Br. The van der Waals surface area contributed by atoms with Crippen molar-refractivity contribution in [3.8, 4) is 5.75 Å². The van der Waals surface area contributed by atoms with E-state index in [1.165, 1.54) is 0 Å². The summed E-state index contributed by atoms with van der Waals surface area (Å²) in [5, 5.41) is 10.5. The lowest BCUT2D eigenvalue weighted by Gasteiger charge is -2.40. The van der Waals surface area contributed by atoms with Gasteiger partial charge in [0, 0.05) is 30.1 Å². The van der Waals surface area contributed by atoms with Crippen molar-refractivity contribution in [3.63, 3.8) is 0 Å². The van der Waals surface area contributed by atoms with E-state index in [-0.39, 0.29) is 41.6 Å². The number of amides is 3. The summed E-state index contributed by atoms with van der Waals surface area (Å²) in [5.74, 6) is -1.93. The molecule has 3 unspecified atom stereocenters. The van der Waals surface area contributed by atoms with Gasteiger partial charge in [-0.2, -0.15) is 0 Å². The molecule has 43 heavy (non-hydrogen) atoms. The zero-order valence-electron chi connectivity index (χ0n) is 25.8. The first kappa shape index (κ1) is 33.2. The summed E-state index contributed by atoms with van der Waals surface area (Å²) in [7, 11) is 0. The number of aliphatic hydroxyl groups is 1. The third kappa shape index (κ3) is 5.90. The van der Waals surface area contributed by atoms with Crippen LogP contribution in [-0.4, -0.2) is 94.1 Å². The van der Waals surface area contributed by atoms with Gasteiger partial charge in [0.1, 0.15) is 17.4 Å². The second-order valence-electron chi connectivity index (χ2n) is 12.0. The van der Waals surface area contributed by atoms with Crippen molar-refractivity contribution in [3.05, 3.63) is 49.6 Å². The van der Waals surface area contributed by atoms with Gasteiger partial charge in [-0.15, -0.1) is 13.2 Å². The standard InChI is InChI=1S/C33H46BrN3O6/c1-7-11-18-35(16-8-2)32(41)29-33-19-24(34)28(43-33)26(27(33)31(40)37(29)25(20-38)21(5)6)30(39)36(17-9-3)22-12-14-23(15-13-22)42-10-4/h8-9,12-15,21,24-29,38H,2-3,7,10-11,16-20H2,1,4-6H3/t24?,25-,26+,27-,28+,29?,33?/m0/s1. The van der Waals surface area contributed by atoms with Gasteiger partial charge in [-0.25, -0.2) is 0 Å². The largest absolute Gasteiger partial charge is 0.494 e. The smallest absolute Gasteiger partial charge is 0.248 e. The van der Waals surface area contributed by atoms with Gasteiger partial charge in [0.25, 0.3) is 0 Å². The Hall–Kier alpha value is -2.69. The molecule has 236 valence electrons. The van der Waals surface area contributed by atoms with Gasteiger partial charge in [-0.1, -0.05) is 55.3 Å². The lowest BCUT2D eigenvalue weighted by Crippen LogP contribution is -2.60. The molecule has 9 nitrogen and oxygen atoms in total. The summed E-state index contributed by atoms with van der Waals surface area (Å²) in [6.07, 6.45) is 4.85. The summed E-state index contributed by atoms with van der Waals surface area (Å²) in [6.45, 7) is 16.8. The Morgan fingerprint density at radius 2 is 1.86 bits per heavy atom. The zero-order chi connectivity index (χ0) is 31.5. The quantitative estimate of drug-likeness (QED) is 0.224. The van der Waals surface area contributed by atoms with E-state index in [4.69, 9.17) is 9.47 Å². The number of rotatable bonds is 15. The number of anilines is 1. The van der Waals surface area contributed by atoms with Crippen LogP contribution in [0.15, 0.2) is 49.6 Å². The van der Waals surface area contributed by atoms with Gasteiger partial charge in [0.15, 0.2) is 0 Å². The summed E-state index contributed by atoms with van der Waals surface area (Å²) in [6, 6.07) is 5.68. The summed E-state index contributed by atoms with van der Waals surface area (Å²) < 4.78 is 12.3. The molecule has 3 amide bonds. The number of hydrogen-bond donors (Lipinski definition) is 1. The first-order chi connectivity index (χ1) is 20.6. The monoisotopic (exact) mass is 659 g/mol. The number of aliphatic hydroxyl groups excluding tert-OH is 1. The number of fused-ring (bicyclic) bond motifs is 1. The van der Waals surface area contributed by atoms with Crippen molar-refractivity contribution >= 4 is 39.3 Å². The van der Waals surface area contributed by atoms with E-state index in [1.54, 1.807) is 26.9 Å². The topological polar surface area (TPSA) is 99.6 Å². The van der Waals surface area contributed by atoms with Crippen LogP contribution in [0.3, 0.4) is 0 Å². The molecular weight excluding hydrogens is 614 g/mol. The Balaban J connectivity index is 1.80. The second kappa shape index (κ2) is 13.9. The Morgan fingerprint density at radius 3 is 2.42 bits per heavy atom. The molecule has 2 bridgehead atoms. The van der Waals surface area contributed by atoms with E-state index < -0.39 is 35.6 Å². The molecular formula is C33H46BrN3O6. The minimum atomic E-state index is -1.21. The van der Waals surface area contributed by atoms with E-state index in [0.29, 0.717) is 37.6 Å². The normalized spacial score (nSPS) is 28.1. The molecule has 1 aromatic carbocycles. The van der Waals surface area contributed by atoms with Crippen molar-refractivity contribution in [2.75, 3.05) is 37.7 Å². The molecule has 0 aliphatic carbocycles. The van der Waals surface area contributed by atoms with Crippen LogP contribution in [0.25, 0.3) is 0 Å². The highest BCUT2D eigenvalue weighted by atomic mass is 79.9. The molecule has 1 N–H and O–H groups in total. The summed E-state index contributed by atoms with van der Waals surface area (Å²) in [4.78, 5) is 48.2. The molecule has 3 fully saturated rings. The zero-order valence-corrected chi connectivity index (χ0v) is 27.4. The van der Waals surface area contributed by atoms with Gasteiger partial charge in [0.05, 0.1) is 37.2 Å². The number of alkyl halides is 1. The molecule has 0 saturated carbocycles. The average molecular weight is 661 g/mol. The molecule has 0 radical (unpaired) electrons. The van der Waals surface area contributed by atoms with Gasteiger partial charge in [-0.3, -0.25) is 14.4 Å². The first-order valence-electron chi connectivity index (χ1n) is 15.4. The molecule has 3 heterocycles.